The second-order valence-corrected chi connectivity index (χ2v) is 22.3. The van der Waals surface area contributed by atoms with Crippen LogP contribution in [0.5, 0.6) is 0 Å². The maximum Gasteiger partial charge on any atom is 0.0839 e. The lowest BCUT2D eigenvalue weighted by atomic mass is 9.45. The van der Waals surface area contributed by atoms with Gasteiger partial charge in [-0.2, -0.15) is 0 Å². The van der Waals surface area contributed by atoms with Gasteiger partial charge in [0.1, 0.15) is 0 Å². The fourth-order valence-electron chi connectivity index (χ4n) is 15.8. The second kappa shape index (κ2) is 14.1. The van der Waals surface area contributed by atoms with Crippen molar-refractivity contribution in [2.24, 2.45) is 5.41 Å². The van der Waals surface area contributed by atoms with Crippen LogP contribution in [0.2, 0.25) is 0 Å². The average molecular weight is 816 g/mol. The smallest absolute Gasteiger partial charge is 0.0839 e. The highest BCUT2D eigenvalue weighted by Gasteiger charge is 2.66. The summed E-state index contributed by atoms with van der Waals surface area (Å²) in [4.78, 5) is 2.94. The van der Waals surface area contributed by atoms with E-state index in [1.165, 1.54) is 152 Å². The van der Waals surface area contributed by atoms with E-state index >= 15 is 0 Å². The molecule has 0 N–H and O–H groups in total. The first-order valence-corrected chi connectivity index (χ1v) is 25.3. The van der Waals surface area contributed by atoms with Crippen molar-refractivity contribution < 1.29 is 0 Å². The van der Waals surface area contributed by atoms with Gasteiger partial charge >= 0.3 is 0 Å². The first kappa shape index (κ1) is 39.2. The molecule has 1 aliphatic heterocycles. The number of fused-ring (bicyclic) bond motifs is 10. The Bertz CT molecular complexity index is 2650. The molecule has 7 aliphatic rings. The van der Waals surface area contributed by atoms with E-state index in [0.29, 0.717) is 17.8 Å². The van der Waals surface area contributed by atoms with Crippen LogP contribution < -0.4 is 4.90 Å². The Kier molecular flexibility index (Phi) is 8.91. The molecule has 3 saturated carbocycles. The molecule has 6 aliphatic carbocycles. The number of rotatable bonds is 4. The van der Waals surface area contributed by atoms with Crippen LogP contribution in [-0.4, -0.2) is 5.54 Å². The van der Waals surface area contributed by atoms with Crippen LogP contribution in [0, 0.1) is 5.41 Å². The Morgan fingerprint density at radius 1 is 0.532 bits per heavy atom. The highest BCUT2D eigenvalue weighted by Crippen LogP contribution is 2.74. The molecular formula is C61H69N. The van der Waals surface area contributed by atoms with Crippen molar-refractivity contribution >= 4 is 27.7 Å². The molecule has 1 nitrogen and oxygen atoms in total. The standard InChI is InChI=1S/C61H69N/c1-39-46-27-16-19-32-52(46)60(5)56-49-30-20-29-47(42-25-14-9-15-26-42)48(49)33-34-54(56)62(45-36-43(40-21-10-7-11-22-40)35-44(37-45)41-23-12-8-13-24-41)59(4)38-53-50-28-17-18-31-51(50)58(2,3)61(53,6)55(39)57(59)60/h16-20,27-42H,7-15,21-26H2,1-6H3. The number of allylic oxidation sites excluding steroid dienone is 2. The first-order valence-electron chi connectivity index (χ1n) is 25.3. The number of hydrogen-bond acceptors (Lipinski definition) is 1. The summed E-state index contributed by atoms with van der Waals surface area (Å²) >= 11 is 0. The molecule has 12 rings (SSSR count). The zero-order valence-corrected chi connectivity index (χ0v) is 38.7. The van der Waals surface area contributed by atoms with Crippen molar-refractivity contribution in [3.63, 3.8) is 0 Å². The Labute approximate surface area is 373 Å². The van der Waals surface area contributed by atoms with Gasteiger partial charge in [0.05, 0.1) is 5.54 Å². The number of nitrogens with zero attached hydrogens (tertiary/aromatic N) is 1. The molecule has 0 amide bonds. The van der Waals surface area contributed by atoms with Gasteiger partial charge in [-0.05, 0) is 160 Å². The van der Waals surface area contributed by atoms with Gasteiger partial charge in [-0.15, -0.1) is 0 Å². The van der Waals surface area contributed by atoms with Crippen molar-refractivity contribution in [3.8, 4) is 0 Å². The third-order valence-electron chi connectivity index (χ3n) is 19.0. The molecule has 0 radical (unpaired) electrons. The minimum atomic E-state index is -0.412. The Hall–Kier alpha value is -4.36. The van der Waals surface area contributed by atoms with Crippen LogP contribution in [0.1, 0.15) is 206 Å². The van der Waals surface area contributed by atoms with Crippen LogP contribution >= 0.6 is 0 Å². The quantitative estimate of drug-likeness (QED) is 0.163. The van der Waals surface area contributed by atoms with Crippen LogP contribution in [0.4, 0.5) is 11.4 Å². The molecule has 0 spiro atoms. The van der Waals surface area contributed by atoms with E-state index in [0.717, 1.165) is 0 Å². The van der Waals surface area contributed by atoms with E-state index in [1.807, 2.05) is 0 Å². The van der Waals surface area contributed by atoms with Crippen molar-refractivity contribution in [1.29, 1.82) is 0 Å². The summed E-state index contributed by atoms with van der Waals surface area (Å²) in [6.45, 7) is 15.7. The largest absolute Gasteiger partial charge is 0.328 e. The van der Waals surface area contributed by atoms with Gasteiger partial charge in [-0.25, -0.2) is 0 Å². The van der Waals surface area contributed by atoms with Gasteiger partial charge in [0, 0.05) is 33.5 Å². The predicted molar refractivity (Wildman–Crippen MR) is 262 cm³/mol. The summed E-state index contributed by atoms with van der Waals surface area (Å²) < 4.78 is 0. The number of benzene rings is 5. The lowest BCUT2D eigenvalue weighted by Crippen LogP contribution is -2.60. The second-order valence-electron chi connectivity index (χ2n) is 22.3. The first-order chi connectivity index (χ1) is 30.1. The lowest BCUT2D eigenvalue weighted by molar-refractivity contribution is 0.283. The average Bonchev–Trinajstić information content (AvgIpc) is 3.48. The maximum atomic E-state index is 2.94. The molecule has 5 aromatic rings. The molecule has 1 heterocycles. The monoisotopic (exact) mass is 816 g/mol. The molecule has 318 valence electrons. The molecule has 0 aromatic heterocycles. The highest BCUT2D eigenvalue weighted by molar-refractivity contribution is 6.01. The third-order valence-corrected chi connectivity index (χ3v) is 19.0. The zero-order chi connectivity index (χ0) is 42.2. The molecular weight excluding hydrogens is 747 g/mol. The van der Waals surface area contributed by atoms with Gasteiger partial charge < -0.3 is 4.90 Å². The van der Waals surface area contributed by atoms with E-state index in [9.17, 15) is 0 Å². The van der Waals surface area contributed by atoms with Crippen molar-refractivity contribution in [2.45, 2.75) is 178 Å². The predicted octanol–water partition coefficient (Wildman–Crippen LogP) is 17.0. The Balaban J connectivity index is 1.22. The van der Waals surface area contributed by atoms with Gasteiger partial charge in [-0.1, -0.05) is 170 Å². The summed E-state index contributed by atoms with van der Waals surface area (Å²) in [5, 5.41) is 2.97. The van der Waals surface area contributed by atoms with Crippen LogP contribution in [0.25, 0.3) is 16.3 Å². The molecule has 1 heteroatoms. The number of anilines is 2. The topological polar surface area (TPSA) is 3.24 Å². The highest BCUT2D eigenvalue weighted by atomic mass is 15.2. The maximum absolute atomic E-state index is 2.94. The fourth-order valence-corrected chi connectivity index (χ4v) is 15.8. The zero-order valence-electron chi connectivity index (χ0n) is 38.7. The van der Waals surface area contributed by atoms with E-state index in [2.05, 4.69) is 150 Å². The fraction of sp³-hybridized carbons (Fsp3) is 0.475. The van der Waals surface area contributed by atoms with E-state index in [4.69, 9.17) is 0 Å². The minimum absolute atomic E-state index is 0.0897. The van der Waals surface area contributed by atoms with Crippen LogP contribution in [0.15, 0.2) is 114 Å². The summed E-state index contributed by atoms with van der Waals surface area (Å²) in [5.41, 5.74) is 19.0. The molecule has 0 bridgehead atoms. The summed E-state index contributed by atoms with van der Waals surface area (Å²) in [6, 6.07) is 40.0. The molecule has 4 atom stereocenters. The van der Waals surface area contributed by atoms with Crippen molar-refractivity contribution in [2.75, 3.05) is 4.90 Å². The molecule has 4 unspecified atom stereocenters. The van der Waals surface area contributed by atoms with Gasteiger partial charge in [0.25, 0.3) is 0 Å². The van der Waals surface area contributed by atoms with E-state index in [1.54, 1.807) is 27.8 Å². The Morgan fingerprint density at radius 2 is 1.11 bits per heavy atom. The summed E-state index contributed by atoms with van der Waals surface area (Å²) in [5.74, 6) is 2.21. The molecule has 5 aromatic carbocycles. The van der Waals surface area contributed by atoms with Gasteiger partial charge in [0.2, 0.25) is 0 Å². The SMILES string of the molecule is CC1C2=C3C(C)(c4ccccc41)c1c(ccc4c(C5CCCCC5)cccc14)N(c1cc(C4CCCCC4)cc(C4CCCCC4)c1)C3(C)C=C1c3ccccc3C(C)(C)C12C. The van der Waals surface area contributed by atoms with Crippen LogP contribution in [0.3, 0.4) is 0 Å². The number of hydrogen-bond donors (Lipinski definition) is 0. The summed E-state index contributed by atoms with van der Waals surface area (Å²) in [6.07, 6.45) is 23.1. The summed E-state index contributed by atoms with van der Waals surface area (Å²) in [7, 11) is 0. The normalized spacial score (nSPS) is 29.4. The minimum Gasteiger partial charge on any atom is -0.328 e. The van der Waals surface area contributed by atoms with Crippen molar-refractivity contribution in [3.05, 3.63) is 159 Å². The molecule has 62 heavy (non-hydrogen) atoms. The van der Waals surface area contributed by atoms with Gasteiger partial charge in [-0.3, -0.25) is 0 Å². The van der Waals surface area contributed by atoms with Crippen molar-refractivity contribution in [1.82, 2.24) is 0 Å². The molecule has 3 fully saturated rings. The van der Waals surface area contributed by atoms with Crippen LogP contribution in [-0.2, 0) is 10.8 Å². The van der Waals surface area contributed by atoms with Gasteiger partial charge in [0.15, 0.2) is 0 Å². The third kappa shape index (κ3) is 5.21. The Morgan fingerprint density at radius 3 is 1.77 bits per heavy atom. The lowest BCUT2D eigenvalue weighted by Gasteiger charge is -2.63. The molecule has 0 saturated heterocycles. The van der Waals surface area contributed by atoms with E-state index < -0.39 is 5.54 Å². The van der Waals surface area contributed by atoms with E-state index in [-0.39, 0.29) is 22.2 Å².